The Kier molecular flexibility index (Phi) is 5.75. The Bertz CT molecular complexity index is 2170. The summed E-state index contributed by atoms with van der Waals surface area (Å²) in [5, 5.41) is 6.02. The number of fused-ring (bicyclic) bond motifs is 5. The molecule has 0 aliphatic rings. The smallest absolute Gasteiger partial charge is 0.0788 e. The van der Waals surface area contributed by atoms with Gasteiger partial charge in [0.1, 0.15) is 0 Å². The Morgan fingerprint density at radius 1 is 0.381 bits per heavy atom. The van der Waals surface area contributed by atoms with Crippen molar-refractivity contribution in [2.24, 2.45) is 0 Å². The minimum atomic E-state index is 0.896. The van der Waals surface area contributed by atoms with Crippen LogP contribution >= 0.6 is 0 Å². The molecule has 0 aliphatic heterocycles. The van der Waals surface area contributed by atoms with Crippen LogP contribution < -0.4 is 0 Å². The zero-order valence-electron chi connectivity index (χ0n) is 22.6. The van der Waals surface area contributed by atoms with Gasteiger partial charge in [-0.05, 0) is 70.4 Å². The van der Waals surface area contributed by atoms with Gasteiger partial charge in [-0.2, -0.15) is 0 Å². The molecule has 0 saturated heterocycles. The molecule has 8 rings (SSSR count). The van der Waals surface area contributed by atoms with Crippen molar-refractivity contribution in [3.05, 3.63) is 146 Å². The van der Waals surface area contributed by atoms with Crippen LogP contribution in [-0.2, 0) is 0 Å². The highest BCUT2D eigenvalue weighted by molar-refractivity contribution is 6.22. The van der Waals surface area contributed by atoms with E-state index >= 15 is 0 Å². The predicted molar refractivity (Wildman–Crippen MR) is 172 cm³/mol. The highest BCUT2D eigenvalue weighted by Gasteiger charge is 2.15. The monoisotopic (exact) mass is 536 g/mol. The summed E-state index contributed by atoms with van der Waals surface area (Å²) in [6, 6.07) is 42.4. The molecule has 0 spiro atoms. The Hall–Kier alpha value is -5.74. The van der Waals surface area contributed by atoms with Gasteiger partial charge >= 0.3 is 0 Å². The normalized spacial score (nSPS) is 11.3. The lowest BCUT2D eigenvalue weighted by molar-refractivity contribution is 1.27. The first-order valence-corrected chi connectivity index (χ1v) is 14.0. The fourth-order valence-corrected chi connectivity index (χ4v) is 5.83. The number of rotatable bonds is 4. The molecule has 0 saturated carbocycles. The maximum Gasteiger partial charge on any atom is 0.0788 e. The van der Waals surface area contributed by atoms with E-state index in [0.29, 0.717) is 0 Å². The Labute approximate surface area is 243 Å². The second-order valence-electron chi connectivity index (χ2n) is 10.4. The van der Waals surface area contributed by atoms with Crippen molar-refractivity contribution >= 4 is 32.4 Å². The van der Waals surface area contributed by atoms with Crippen LogP contribution in [0.1, 0.15) is 0 Å². The van der Waals surface area contributed by atoms with E-state index < -0.39 is 0 Å². The lowest BCUT2D eigenvalue weighted by Gasteiger charge is -2.14. The number of nitrogens with zero attached hydrogens (tertiary/aromatic N) is 4. The molecule has 4 heterocycles. The number of para-hydroxylation sites is 1. The van der Waals surface area contributed by atoms with Crippen molar-refractivity contribution < 1.29 is 0 Å². The number of benzene rings is 4. The summed E-state index contributed by atoms with van der Waals surface area (Å²) in [5.41, 5.74) is 9.07. The molecule has 0 unspecified atom stereocenters. The maximum atomic E-state index is 5.22. The van der Waals surface area contributed by atoms with Crippen LogP contribution in [0, 0.1) is 0 Å². The van der Waals surface area contributed by atoms with E-state index in [2.05, 4.69) is 107 Å². The Balaban J connectivity index is 1.35. The zero-order chi connectivity index (χ0) is 27.9. The fourth-order valence-electron chi connectivity index (χ4n) is 5.83. The predicted octanol–water partition coefficient (Wildman–Crippen LogP) is 9.39. The molecule has 0 aliphatic carbocycles. The van der Waals surface area contributed by atoms with Crippen LogP contribution in [0.2, 0.25) is 0 Å². The third kappa shape index (κ3) is 4.18. The van der Waals surface area contributed by atoms with Crippen molar-refractivity contribution in [2.75, 3.05) is 0 Å². The third-order valence-electron chi connectivity index (χ3n) is 7.84. The molecule has 0 bridgehead atoms. The van der Waals surface area contributed by atoms with E-state index in [1.54, 1.807) is 24.8 Å². The third-order valence-corrected chi connectivity index (χ3v) is 7.84. The molecule has 4 heteroatoms. The highest BCUT2D eigenvalue weighted by atomic mass is 14.7. The Morgan fingerprint density at radius 3 is 1.76 bits per heavy atom. The maximum absolute atomic E-state index is 5.22. The van der Waals surface area contributed by atoms with Crippen LogP contribution in [0.15, 0.2) is 146 Å². The van der Waals surface area contributed by atoms with Crippen molar-refractivity contribution in [3.63, 3.8) is 0 Å². The van der Waals surface area contributed by atoms with E-state index in [0.717, 1.165) is 55.8 Å². The van der Waals surface area contributed by atoms with Gasteiger partial charge in [-0.25, -0.2) is 9.97 Å². The summed E-state index contributed by atoms with van der Waals surface area (Å²) in [5.74, 6) is 0. The number of hydrogen-bond donors (Lipinski definition) is 0. The van der Waals surface area contributed by atoms with Gasteiger partial charge in [-0.1, -0.05) is 72.8 Å². The van der Waals surface area contributed by atoms with E-state index in [1.165, 1.54) is 21.5 Å². The van der Waals surface area contributed by atoms with Crippen LogP contribution in [0.4, 0.5) is 0 Å². The molecule has 0 atom stereocenters. The van der Waals surface area contributed by atoms with Gasteiger partial charge in [0.2, 0.25) is 0 Å². The molecule has 42 heavy (non-hydrogen) atoms. The molecular formula is C38H24N4. The van der Waals surface area contributed by atoms with E-state index in [9.17, 15) is 0 Å². The molecule has 0 radical (unpaired) electrons. The molecule has 0 N–H and O–H groups in total. The van der Waals surface area contributed by atoms with Crippen LogP contribution in [0.25, 0.3) is 77.3 Å². The van der Waals surface area contributed by atoms with Crippen LogP contribution in [0.3, 0.4) is 0 Å². The van der Waals surface area contributed by atoms with Gasteiger partial charge in [-0.3, -0.25) is 9.97 Å². The SMILES string of the molecule is c1cc(-c2cc(-c3ccncc3)nc(-c3ccncc3)c2)cc(-c2nc3ccccc3c3c2ccc2ccccc23)c1. The summed E-state index contributed by atoms with van der Waals surface area (Å²) in [6.45, 7) is 0. The fraction of sp³-hybridized carbons (Fsp3) is 0. The van der Waals surface area contributed by atoms with Gasteiger partial charge in [-0.15, -0.1) is 0 Å². The minimum Gasteiger partial charge on any atom is -0.265 e. The van der Waals surface area contributed by atoms with Gasteiger partial charge in [0, 0.05) is 57.6 Å². The average Bonchev–Trinajstić information content (AvgIpc) is 3.08. The molecule has 4 nitrogen and oxygen atoms in total. The summed E-state index contributed by atoms with van der Waals surface area (Å²) in [6.07, 6.45) is 7.21. The largest absolute Gasteiger partial charge is 0.265 e. The quantitative estimate of drug-likeness (QED) is 0.210. The second kappa shape index (κ2) is 10.0. The van der Waals surface area contributed by atoms with Gasteiger partial charge < -0.3 is 0 Å². The highest BCUT2D eigenvalue weighted by Crippen LogP contribution is 2.38. The van der Waals surface area contributed by atoms with E-state index in [1.807, 2.05) is 24.3 Å². The molecular weight excluding hydrogens is 512 g/mol. The first kappa shape index (κ1) is 24.1. The topological polar surface area (TPSA) is 51.6 Å². The number of aromatic nitrogens is 4. The van der Waals surface area contributed by atoms with Crippen LogP contribution in [-0.4, -0.2) is 19.9 Å². The van der Waals surface area contributed by atoms with Crippen molar-refractivity contribution in [2.45, 2.75) is 0 Å². The average molecular weight is 537 g/mol. The lowest BCUT2D eigenvalue weighted by Crippen LogP contribution is -1.93. The van der Waals surface area contributed by atoms with Gasteiger partial charge in [0.15, 0.2) is 0 Å². The summed E-state index contributed by atoms with van der Waals surface area (Å²) in [4.78, 5) is 18.6. The molecule has 4 aromatic carbocycles. The summed E-state index contributed by atoms with van der Waals surface area (Å²) in [7, 11) is 0. The minimum absolute atomic E-state index is 0.896. The number of pyridine rings is 4. The molecule has 0 fully saturated rings. The molecule has 196 valence electrons. The lowest BCUT2D eigenvalue weighted by atomic mass is 9.93. The van der Waals surface area contributed by atoms with E-state index in [4.69, 9.17) is 9.97 Å². The van der Waals surface area contributed by atoms with Gasteiger partial charge in [0.05, 0.1) is 22.6 Å². The Morgan fingerprint density at radius 2 is 1.02 bits per heavy atom. The van der Waals surface area contributed by atoms with Crippen molar-refractivity contribution in [1.29, 1.82) is 0 Å². The standard InChI is InChI=1S/C38H24N4/c1-2-9-31-25(6-1)12-13-33-37(31)32-10-3-4-11-34(32)42-38(33)29-8-5-7-28(22-29)30-23-35(26-14-18-39-19-15-26)41-36(24-30)27-16-20-40-21-17-27/h1-24H. The summed E-state index contributed by atoms with van der Waals surface area (Å²) < 4.78 is 0. The number of hydrogen-bond acceptors (Lipinski definition) is 4. The van der Waals surface area contributed by atoms with Gasteiger partial charge in [0.25, 0.3) is 0 Å². The zero-order valence-corrected chi connectivity index (χ0v) is 22.6. The van der Waals surface area contributed by atoms with Crippen LogP contribution in [0.5, 0.6) is 0 Å². The molecule has 4 aromatic heterocycles. The molecule has 8 aromatic rings. The van der Waals surface area contributed by atoms with E-state index in [-0.39, 0.29) is 0 Å². The second-order valence-corrected chi connectivity index (χ2v) is 10.4. The first-order chi connectivity index (χ1) is 20.8. The first-order valence-electron chi connectivity index (χ1n) is 14.0. The van der Waals surface area contributed by atoms with Crippen molar-refractivity contribution in [1.82, 2.24) is 19.9 Å². The van der Waals surface area contributed by atoms with Crippen molar-refractivity contribution in [3.8, 4) is 44.9 Å². The summed E-state index contributed by atoms with van der Waals surface area (Å²) >= 11 is 0. The molecule has 0 amide bonds.